The highest BCUT2D eigenvalue weighted by Gasteiger charge is 2.51. The minimum Gasteiger partial charge on any atom is -0.394 e. The molecule has 2 aliphatic heterocycles. The van der Waals surface area contributed by atoms with Crippen molar-refractivity contribution in [1.82, 2.24) is 20.3 Å². The monoisotopic (exact) mass is 719 g/mol. The van der Waals surface area contributed by atoms with Crippen LogP contribution in [0, 0.1) is 13.3 Å². The predicted molar refractivity (Wildman–Crippen MR) is 176 cm³/mol. The molecule has 1 aromatic heterocycles. The quantitative estimate of drug-likeness (QED) is 0.0677. The number of carbonyl (C=O) groups is 2. The number of aliphatic hydroxyl groups excluding tert-OH is 7. The van der Waals surface area contributed by atoms with E-state index in [0.717, 1.165) is 30.4 Å². The number of amides is 2. The van der Waals surface area contributed by atoms with Crippen LogP contribution < -0.4 is 10.6 Å². The predicted octanol–water partition coefficient (Wildman–Crippen LogP) is -1.20. The van der Waals surface area contributed by atoms with E-state index in [1.807, 2.05) is 0 Å². The largest absolute Gasteiger partial charge is 0.394 e. The molecule has 18 heteroatoms. The van der Waals surface area contributed by atoms with E-state index in [0.29, 0.717) is 12.2 Å². The molecule has 2 aliphatic rings. The summed E-state index contributed by atoms with van der Waals surface area (Å²) >= 11 is 1.41. The smallest absolute Gasteiger partial charge is 0.249 e. The molecule has 3 heterocycles. The number of aliphatic hydroxyl groups is 7. The van der Waals surface area contributed by atoms with Gasteiger partial charge in [0.1, 0.15) is 54.9 Å². The fraction of sp³-hybridized carbons (Fsp3) is 0.806. The number of aromatic nitrogens is 3. The highest BCUT2D eigenvalue weighted by atomic mass is 32.2. The van der Waals surface area contributed by atoms with Crippen LogP contribution >= 0.6 is 11.8 Å². The van der Waals surface area contributed by atoms with Gasteiger partial charge in [0, 0.05) is 12.2 Å². The van der Waals surface area contributed by atoms with E-state index in [4.69, 9.17) is 14.2 Å². The third kappa shape index (κ3) is 12.1. The number of hydrogen-bond donors (Lipinski definition) is 9. The average Bonchev–Trinajstić information content (AvgIpc) is 3.55. The van der Waals surface area contributed by atoms with Crippen LogP contribution in [0.2, 0.25) is 0 Å². The SMILES string of the molecule is [CH2][CH]CSC[C@@H](NC(=O)CCCCCCCCCC)C(=O)Nc1cn([C@@H]2OC(CO)C(OC3OC(CO)C(O)C(O)C3O)C(O)C2O)nn1. The number of nitrogens with one attached hydrogen (secondary N) is 2. The summed E-state index contributed by atoms with van der Waals surface area (Å²) in [7, 11) is 0. The molecule has 0 aromatic carbocycles. The first-order valence-corrected chi connectivity index (χ1v) is 18.0. The lowest BCUT2D eigenvalue weighted by molar-refractivity contribution is -0.347. The van der Waals surface area contributed by atoms with Gasteiger partial charge in [0.25, 0.3) is 0 Å². The number of unbranched alkanes of at least 4 members (excludes halogenated alkanes) is 7. The first-order chi connectivity index (χ1) is 23.6. The van der Waals surface area contributed by atoms with Gasteiger partial charge >= 0.3 is 0 Å². The maximum absolute atomic E-state index is 13.2. The summed E-state index contributed by atoms with van der Waals surface area (Å²) in [6, 6.07) is -0.880. The fourth-order valence-electron chi connectivity index (χ4n) is 5.60. The van der Waals surface area contributed by atoms with Crippen molar-refractivity contribution < 1.29 is 59.5 Å². The van der Waals surface area contributed by atoms with Crippen molar-refractivity contribution in [1.29, 1.82) is 0 Å². The Balaban J connectivity index is 1.58. The Morgan fingerprint density at radius 1 is 0.959 bits per heavy atom. The van der Waals surface area contributed by atoms with Crippen molar-refractivity contribution in [2.75, 3.05) is 30.0 Å². The Hall–Kier alpha value is -1.97. The van der Waals surface area contributed by atoms with Crippen LogP contribution in [0.25, 0.3) is 0 Å². The molecule has 0 saturated carbocycles. The van der Waals surface area contributed by atoms with E-state index in [1.165, 1.54) is 43.6 Å². The zero-order valence-corrected chi connectivity index (χ0v) is 28.6. The standard InChI is InChI=1S/C31H53N5O12S/c1-3-5-6-7-8-9-10-11-12-22(39)32-18(17-49-13-4-2)29(45)33-21-14-36(35-34-21)30-26(43)25(42)28(20(16-38)46-30)48-31-27(44)24(41)23(40)19(15-37)47-31/h4,14,18-20,23-28,30-31,37-38,40-44H,2-3,5-13,15-17H2,1H3,(H,32,39)(H,33,45)/t18-,19?,20?,23?,24?,25?,26?,27?,28?,30-,31?/m1/s1. The molecule has 280 valence electrons. The van der Waals surface area contributed by atoms with Crippen LogP contribution in [0.5, 0.6) is 0 Å². The molecule has 0 bridgehead atoms. The second-order valence-electron chi connectivity index (χ2n) is 12.3. The lowest BCUT2D eigenvalue weighted by Gasteiger charge is -2.45. The molecule has 0 spiro atoms. The van der Waals surface area contributed by atoms with Crippen LogP contribution in [-0.2, 0) is 23.8 Å². The van der Waals surface area contributed by atoms with Gasteiger partial charge in [-0.2, -0.15) is 11.8 Å². The normalized spacial score (nSPS) is 31.0. The number of ether oxygens (including phenoxy) is 3. The summed E-state index contributed by atoms with van der Waals surface area (Å²) in [5.41, 5.74) is 0. The first-order valence-electron chi connectivity index (χ1n) is 16.8. The fourth-order valence-corrected chi connectivity index (χ4v) is 6.37. The molecule has 17 nitrogen and oxygen atoms in total. The van der Waals surface area contributed by atoms with Gasteiger partial charge in [0.15, 0.2) is 18.3 Å². The zero-order chi connectivity index (χ0) is 35.9. The Kier molecular flexibility index (Phi) is 18.1. The van der Waals surface area contributed by atoms with Gasteiger partial charge in [-0.05, 0) is 25.5 Å². The number of nitrogens with zero attached hydrogens (tertiary/aromatic N) is 3. The first kappa shape index (κ1) is 41.5. The molecule has 11 atom stereocenters. The molecule has 2 fully saturated rings. The molecule has 9 N–H and O–H groups in total. The summed E-state index contributed by atoms with van der Waals surface area (Å²) in [6.45, 7) is 4.41. The van der Waals surface area contributed by atoms with E-state index < -0.39 is 86.5 Å². The van der Waals surface area contributed by atoms with Crippen molar-refractivity contribution in [3.05, 3.63) is 19.5 Å². The molecule has 3 rings (SSSR count). The van der Waals surface area contributed by atoms with E-state index in [-0.39, 0.29) is 17.5 Å². The van der Waals surface area contributed by atoms with Crippen LogP contribution in [-0.4, -0.2) is 148 Å². The molecular formula is C31H53N5O12S. The molecule has 2 radical (unpaired) electrons. The van der Waals surface area contributed by atoms with Gasteiger partial charge in [0.05, 0.1) is 19.4 Å². The van der Waals surface area contributed by atoms with Crippen LogP contribution in [0.15, 0.2) is 6.20 Å². The topological polar surface area (TPSA) is 258 Å². The highest BCUT2D eigenvalue weighted by Crippen LogP contribution is 2.33. The number of carbonyl (C=O) groups excluding carboxylic acids is 2. The summed E-state index contributed by atoms with van der Waals surface area (Å²) < 4.78 is 17.7. The maximum Gasteiger partial charge on any atom is 0.249 e. The number of hydrogen-bond acceptors (Lipinski definition) is 15. The summed E-state index contributed by atoms with van der Waals surface area (Å²) in [6.07, 6.45) is -3.91. The summed E-state index contributed by atoms with van der Waals surface area (Å²) in [4.78, 5) is 25.9. The van der Waals surface area contributed by atoms with Crippen molar-refractivity contribution in [3.63, 3.8) is 0 Å². The minimum absolute atomic E-state index is 0.0356. The Morgan fingerprint density at radius 2 is 1.63 bits per heavy atom. The third-order valence-electron chi connectivity index (χ3n) is 8.43. The van der Waals surface area contributed by atoms with Gasteiger partial charge in [0.2, 0.25) is 11.8 Å². The molecule has 2 amide bonds. The molecule has 0 aliphatic carbocycles. The van der Waals surface area contributed by atoms with Crippen molar-refractivity contribution in [2.45, 2.75) is 132 Å². The highest BCUT2D eigenvalue weighted by molar-refractivity contribution is 7.99. The third-order valence-corrected chi connectivity index (χ3v) is 9.47. The number of anilines is 1. The molecule has 9 unspecified atom stereocenters. The molecule has 1 aromatic rings. The van der Waals surface area contributed by atoms with Crippen molar-refractivity contribution in [3.8, 4) is 0 Å². The van der Waals surface area contributed by atoms with E-state index in [9.17, 15) is 45.3 Å². The average molecular weight is 720 g/mol. The second-order valence-corrected chi connectivity index (χ2v) is 13.3. The van der Waals surface area contributed by atoms with Gasteiger partial charge in [-0.1, -0.05) is 57.1 Å². The lowest BCUT2D eigenvalue weighted by atomic mass is 9.96. The van der Waals surface area contributed by atoms with Gasteiger partial charge in [-0.3, -0.25) is 9.59 Å². The molecular weight excluding hydrogens is 666 g/mol. The van der Waals surface area contributed by atoms with Crippen molar-refractivity contribution in [2.24, 2.45) is 0 Å². The van der Waals surface area contributed by atoms with Crippen LogP contribution in [0.3, 0.4) is 0 Å². The number of rotatable bonds is 21. The van der Waals surface area contributed by atoms with Crippen LogP contribution in [0.4, 0.5) is 5.82 Å². The van der Waals surface area contributed by atoms with Crippen molar-refractivity contribution >= 4 is 29.4 Å². The van der Waals surface area contributed by atoms with E-state index in [1.54, 1.807) is 6.42 Å². The van der Waals surface area contributed by atoms with Gasteiger partial charge < -0.3 is 60.6 Å². The summed E-state index contributed by atoms with van der Waals surface area (Å²) in [5.74, 6) is 0.0307. The Labute approximate surface area is 290 Å². The van der Waals surface area contributed by atoms with Gasteiger partial charge in [-0.15, -0.1) is 5.10 Å². The minimum atomic E-state index is -1.80. The Morgan fingerprint density at radius 3 is 2.29 bits per heavy atom. The second kappa shape index (κ2) is 21.4. The molecule has 2 saturated heterocycles. The Bertz CT molecular complexity index is 1120. The number of thioether (sulfide) groups is 1. The lowest BCUT2D eigenvalue weighted by Crippen LogP contribution is -2.63. The van der Waals surface area contributed by atoms with Crippen LogP contribution in [0.1, 0.15) is 70.9 Å². The van der Waals surface area contributed by atoms with Gasteiger partial charge in [-0.25, -0.2) is 4.68 Å². The maximum atomic E-state index is 13.2. The zero-order valence-electron chi connectivity index (χ0n) is 27.8. The van der Waals surface area contributed by atoms with E-state index >= 15 is 0 Å². The van der Waals surface area contributed by atoms with E-state index in [2.05, 4.69) is 34.8 Å². The molecule has 49 heavy (non-hydrogen) atoms. The summed E-state index contributed by atoms with van der Waals surface area (Å²) in [5, 5.41) is 84.9.